The third kappa shape index (κ3) is 3.98. The SMILES string of the molecule is Cc1nc(NC(=O)c2oc3ccccc3c2COc2ccccc2)sc1-c1ccccn1. The summed E-state index contributed by atoms with van der Waals surface area (Å²) in [4.78, 5) is 23.0. The van der Waals surface area contributed by atoms with Gasteiger partial charge in [0.25, 0.3) is 5.91 Å². The number of nitrogens with zero attached hydrogens (tertiary/aromatic N) is 2. The number of ether oxygens (including phenoxy) is 1. The van der Waals surface area contributed by atoms with Crippen LogP contribution in [0.4, 0.5) is 5.13 Å². The second kappa shape index (κ2) is 8.64. The minimum Gasteiger partial charge on any atom is -0.489 e. The van der Waals surface area contributed by atoms with E-state index in [9.17, 15) is 4.79 Å². The number of anilines is 1. The van der Waals surface area contributed by atoms with E-state index in [-0.39, 0.29) is 18.3 Å². The number of amides is 1. The summed E-state index contributed by atoms with van der Waals surface area (Å²) >= 11 is 1.38. The first-order valence-electron chi connectivity index (χ1n) is 10.1. The lowest BCUT2D eigenvalue weighted by Gasteiger charge is -2.07. The topological polar surface area (TPSA) is 77.2 Å². The highest BCUT2D eigenvalue weighted by molar-refractivity contribution is 7.19. The maximum absolute atomic E-state index is 13.2. The normalized spacial score (nSPS) is 10.9. The summed E-state index contributed by atoms with van der Waals surface area (Å²) < 4.78 is 11.8. The highest BCUT2D eigenvalue weighted by Gasteiger charge is 2.23. The molecule has 6 nitrogen and oxygen atoms in total. The molecule has 0 atom stereocenters. The number of carbonyl (C=O) groups excluding carboxylic acids is 1. The Labute approximate surface area is 188 Å². The molecule has 2 aromatic carbocycles. The van der Waals surface area contributed by atoms with Crippen molar-refractivity contribution in [1.82, 2.24) is 9.97 Å². The molecule has 5 aromatic rings. The Bertz CT molecular complexity index is 1380. The molecule has 0 radical (unpaired) electrons. The van der Waals surface area contributed by atoms with Crippen LogP contribution >= 0.6 is 11.3 Å². The van der Waals surface area contributed by atoms with E-state index in [1.54, 1.807) is 6.20 Å². The molecule has 32 heavy (non-hydrogen) atoms. The number of carbonyl (C=O) groups is 1. The predicted octanol–water partition coefficient (Wildman–Crippen LogP) is 6.09. The maximum atomic E-state index is 13.2. The molecule has 1 amide bonds. The number of pyridine rings is 1. The standard InChI is InChI=1S/C25H19N3O3S/c1-16-23(20-12-7-8-14-26-20)32-25(27-16)28-24(29)22-19(15-30-17-9-3-2-4-10-17)18-11-5-6-13-21(18)31-22/h2-14H,15H2,1H3,(H,27,28,29). The molecule has 0 saturated heterocycles. The number of hydrogen-bond donors (Lipinski definition) is 1. The fourth-order valence-electron chi connectivity index (χ4n) is 3.44. The van der Waals surface area contributed by atoms with Gasteiger partial charge < -0.3 is 9.15 Å². The van der Waals surface area contributed by atoms with E-state index in [0.717, 1.165) is 27.4 Å². The first-order chi connectivity index (χ1) is 15.7. The van der Waals surface area contributed by atoms with Crippen LogP contribution < -0.4 is 10.1 Å². The van der Waals surface area contributed by atoms with Crippen molar-refractivity contribution < 1.29 is 13.9 Å². The van der Waals surface area contributed by atoms with E-state index in [4.69, 9.17) is 9.15 Å². The number of aryl methyl sites for hydroxylation is 1. The summed E-state index contributed by atoms with van der Waals surface area (Å²) in [5.41, 5.74) is 2.96. The number of thiazole rings is 1. The number of hydrogen-bond acceptors (Lipinski definition) is 6. The zero-order valence-corrected chi connectivity index (χ0v) is 18.1. The summed E-state index contributed by atoms with van der Waals surface area (Å²) in [5, 5.41) is 4.21. The van der Waals surface area contributed by atoms with Gasteiger partial charge in [0, 0.05) is 17.1 Å². The maximum Gasteiger partial charge on any atom is 0.293 e. The molecule has 0 aliphatic rings. The number of nitrogens with one attached hydrogen (secondary N) is 1. The van der Waals surface area contributed by atoms with Crippen molar-refractivity contribution >= 4 is 33.3 Å². The summed E-state index contributed by atoms with van der Waals surface area (Å²) in [7, 11) is 0. The Morgan fingerprint density at radius 1 is 1.03 bits per heavy atom. The van der Waals surface area contributed by atoms with Crippen LogP contribution in [-0.2, 0) is 6.61 Å². The van der Waals surface area contributed by atoms with Gasteiger partial charge in [0.15, 0.2) is 10.9 Å². The van der Waals surface area contributed by atoms with E-state index < -0.39 is 0 Å². The van der Waals surface area contributed by atoms with Gasteiger partial charge in [0.2, 0.25) is 0 Å². The van der Waals surface area contributed by atoms with Gasteiger partial charge in [0.05, 0.1) is 16.3 Å². The number of rotatable bonds is 6. The van der Waals surface area contributed by atoms with Crippen LogP contribution in [0.5, 0.6) is 5.75 Å². The molecule has 7 heteroatoms. The molecule has 0 spiro atoms. The van der Waals surface area contributed by atoms with Crippen molar-refractivity contribution in [2.75, 3.05) is 5.32 Å². The van der Waals surface area contributed by atoms with E-state index in [1.165, 1.54) is 11.3 Å². The lowest BCUT2D eigenvalue weighted by molar-refractivity contribution is 0.0995. The van der Waals surface area contributed by atoms with Gasteiger partial charge in [-0.3, -0.25) is 15.1 Å². The number of benzene rings is 2. The van der Waals surface area contributed by atoms with Gasteiger partial charge in [-0.05, 0) is 37.3 Å². The first-order valence-corrected chi connectivity index (χ1v) is 10.9. The molecule has 158 valence electrons. The largest absolute Gasteiger partial charge is 0.489 e. The quantitative estimate of drug-likeness (QED) is 0.345. The molecule has 0 bridgehead atoms. The molecule has 1 N–H and O–H groups in total. The Kier molecular flexibility index (Phi) is 5.39. The lowest BCUT2D eigenvalue weighted by atomic mass is 10.1. The predicted molar refractivity (Wildman–Crippen MR) is 125 cm³/mol. The highest BCUT2D eigenvalue weighted by atomic mass is 32.1. The molecular weight excluding hydrogens is 422 g/mol. The minimum absolute atomic E-state index is 0.208. The second-order valence-electron chi connectivity index (χ2n) is 7.11. The van der Waals surface area contributed by atoms with Gasteiger partial charge in [-0.2, -0.15) is 0 Å². The molecule has 5 rings (SSSR count). The van der Waals surface area contributed by atoms with Crippen molar-refractivity contribution in [3.63, 3.8) is 0 Å². The summed E-state index contributed by atoms with van der Waals surface area (Å²) in [5.74, 6) is 0.572. The van der Waals surface area contributed by atoms with Crippen LogP contribution in [0.1, 0.15) is 21.8 Å². The van der Waals surface area contributed by atoms with E-state index in [0.29, 0.717) is 16.3 Å². The summed E-state index contributed by atoms with van der Waals surface area (Å²) in [6.45, 7) is 2.11. The molecule has 3 aromatic heterocycles. The smallest absolute Gasteiger partial charge is 0.293 e. The van der Waals surface area contributed by atoms with Crippen LogP contribution in [0.25, 0.3) is 21.5 Å². The van der Waals surface area contributed by atoms with Crippen molar-refractivity contribution in [1.29, 1.82) is 0 Å². The van der Waals surface area contributed by atoms with Gasteiger partial charge in [-0.1, -0.05) is 53.8 Å². The van der Waals surface area contributed by atoms with Crippen molar-refractivity contribution in [3.8, 4) is 16.3 Å². The van der Waals surface area contributed by atoms with Crippen LogP contribution in [0.2, 0.25) is 0 Å². The van der Waals surface area contributed by atoms with Crippen molar-refractivity contribution in [3.05, 3.63) is 96.0 Å². The summed E-state index contributed by atoms with van der Waals surface area (Å²) in [6, 6.07) is 22.7. The molecule has 3 heterocycles. The first kappa shape index (κ1) is 20.0. The molecule has 0 aliphatic carbocycles. The lowest BCUT2D eigenvalue weighted by Crippen LogP contribution is -2.13. The Hall–Kier alpha value is -3.97. The Balaban J connectivity index is 1.43. The molecule has 0 fully saturated rings. The monoisotopic (exact) mass is 441 g/mol. The number of furan rings is 1. The fraction of sp³-hybridized carbons (Fsp3) is 0.0800. The minimum atomic E-state index is -0.366. The van der Waals surface area contributed by atoms with Gasteiger partial charge >= 0.3 is 0 Å². The molecule has 0 aliphatic heterocycles. The van der Waals surface area contributed by atoms with Crippen molar-refractivity contribution in [2.45, 2.75) is 13.5 Å². The number of fused-ring (bicyclic) bond motifs is 1. The Morgan fingerprint density at radius 3 is 2.62 bits per heavy atom. The molecular formula is C25H19N3O3S. The fourth-order valence-corrected chi connectivity index (χ4v) is 4.37. The van der Waals surface area contributed by atoms with Gasteiger partial charge in [-0.15, -0.1) is 0 Å². The van der Waals surface area contributed by atoms with Crippen molar-refractivity contribution in [2.24, 2.45) is 0 Å². The second-order valence-corrected chi connectivity index (χ2v) is 8.11. The van der Waals surface area contributed by atoms with E-state index in [1.807, 2.05) is 79.7 Å². The molecule has 0 unspecified atom stereocenters. The van der Waals surface area contributed by atoms with Crippen LogP contribution in [-0.4, -0.2) is 15.9 Å². The average Bonchev–Trinajstić information content (AvgIpc) is 3.39. The van der Waals surface area contributed by atoms with Crippen LogP contribution in [0.15, 0.2) is 83.4 Å². The third-order valence-electron chi connectivity index (χ3n) is 4.95. The summed E-state index contributed by atoms with van der Waals surface area (Å²) in [6.07, 6.45) is 1.74. The molecule has 0 saturated carbocycles. The zero-order valence-electron chi connectivity index (χ0n) is 17.2. The third-order valence-corrected chi connectivity index (χ3v) is 6.04. The Morgan fingerprint density at radius 2 is 1.81 bits per heavy atom. The van der Waals surface area contributed by atoms with E-state index in [2.05, 4.69) is 15.3 Å². The number of para-hydroxylation sites is 2. The van der Waals surface area contributed by atoms with Crippen LogP contribution in [0.3, 0.4) is 0 Å². The van der Waals surface area contributed by atoms with Gasteiger partial charge in [0.1, 0.15) is 17.9 Å². The van der Waals surface area contributed by atoms with E-state index >= 15 is 0 Å². The average molecular weight is 442 g/mol. The van der Waals surface area contributed by atoms with Gasteiger partial charge in [-0.25, -0.2) is 4.98 Å². The number of aromatic nitrogens is 2. The zero-order chi connectivity index (χ0) is 21.9. The van der Waals surface area contributed by atoms with Crippen LogP contribution in [0, 0.1) is 6.92 Å². The highest BCUT2D eigenvalue weighted by Crippen LogP contribution is 2.33.